The van der Waals surface area contributed by atoms with E-state index in [1.165, 1.54) is 16.0 Å². The van der Waals surface area contributed by atoms with E-state index in [1.807, 2.05) is 13.8 Å². The number of carbonyl (C=O) groups excluding carboxylic acids is 1. The van der Waals surface area contributed by atoms with E-state index in [1.54, 1.807) is 41.8 Å². The van der Waals surface area contributed by atoms with Crippen molar-refractivity contribution in [3.63, 3.8) is 0 Å². The molecule has 1 amide bonds. The van der Waals surface area contributed by atoms with E-state index < -0.39 is 11.9 Å². The second-order valence-electron chi connectivity index (χ2n) is 5.98. The van der Waals surface area contributed by atoms with Gasteiger partial charge in [0, 0.05) is 11.6 Å². The van der Waals surface area contributed by atoms with Crippen molar-refractivity contribution in [3.05, 3.63) is 59.1 Å². The zero-order valence-corrected chi connectivity index (χ0v) is 14.9. The summed E-state index contributed by atoms with van der Waals surface area (Å²) in [5.41, 5.74) is 0.280. The van der Waals surface area contributed by atoms with Crippen LogP contribution < -0.4 is 5.32 Å². The second kappa shape index (κ2) is 6.95. The summed E-state index contributed by atoms with van der Waals surface area (Å²) in [7, 11) is 0. The van der Waals surface area contributed by atoms with Crippen LogP contribution in [-0.2, 0) is 6.18 Å². The van der Waals surface area contributed by atoms with Gasteiger partial charge in [0.25, 0.3) is 5.91 Å². The van der Waals surface area contributed by atoms with Crippen LogP contribution in [0.3, 0.4) is 0 Å². The first-order valence-electron chi connectivity index (χ1n) is 7.88. The van der Waals surface area contributed by atoms with E-state index in [-0.39, 0.29) is 11.9 Å². The number of halogens is 3. The Morgan fingerprint density at radius 3 is 2.42 bits per heavy atom. The third kappa shape index (κ3) is 3.80. The summed E-state index contributed by atoms with van der Waals surface area (Å²) < 4.78 is 40.6. The van der Waals surface area contributed by atoms with Gasteiger partial charge in [-0.25, -0.2) is 4.68 Å². The Hall–Kier alpha value is -2.61. The van der Waals surface area contributed by atoms with Crippen LogP contribution in [0.25, 0.3) is 16.3 Å². The molecule has 1 aromatic carbocycles. The van der Waals surface area contributed by atoms with Gasteiger partial charge in [0.05, 0.1) is 16.3 Å². The van der Waals surface area contributed by atoms with Crippen LogP contribution in [0.2, 0.25) is 0 Å². The molecule has 0 aliphatic carbocycles. The molecule has 0 aliphatic rings. The predicted octanol–water partition coefficient (Wildman–Crippen LogP) is 4.76. The Balaban J connectivity index is 2.00. The van der Waals surface area contributed by atoms with Crippen LogP contribution in [0.15, 0.2) is 47.8 Å². The monoisotopic (exact) mass is 379 g/mol. The van der Waals surface area contributed by atoms with Gasteiger partial charge in [-0.05, 0) is 55.6 Å². The summed E-state index contributed by atoms with van der Waals surface area (Å²) in [6.07, 6.45) is -4.53. The third-order valence-electron chi connectivity index (χ3n) is 3.57. The van der Waals surface area contributed by atoms with Gasteiger partial charge >= 0.3 is 6.18 Å². The molecular weight excluding hydrogens is 363 g/mol. The number of hydrogen-bond donors (Lipinski definition) is 1. The average molecular weight is 379 g/mol. The molecule has 0 saturated carbocycles. The summed E-state index contributed by atoms with van der Waals surface area (Å²) in [6, 6.07) is 10.8. The summed E-state index contributed by atoms with van der Waals surface area (Å²) in [6.45, 7) is 3.70. The highest BCUT2D eigenvalue weighted by Gasteiger charge is 2.35. The first-order chi connectivity index (χ1) is 12.3. The van der Waals surface area contributed by atoms with E-state index >= 15 is 0 Å². The highest BCUT2D eigenvalue weighted by Crippen LogP contribution is 2.34. The SMILES string of the molecule is CC(C)NC(=O)c1ccc(-n2nc(C(F)(F)F)cc2-c2cccs2)cc1. The molecule has 2 heterocycles. The first kappa shape index (κ1) is 18.2. The fourth-order valence-corrected chi connectivity index (χ4v) is 3.14. The number of aromatic nitrogens is 2. The zero-order valence-electron chi connectivity index (χ0n) is 14.0. The Morgan fingerprint density at radius 1 is 1.19 bits per heavy atom. The van der Waals surface area contributed by atoms with Crippen LogP contribution >= 0.6 is 11.3 Å². The maximum atomic E-state index is 13.1. The van der Waals surface area contributed by atoms with E-state index in [0.29, 0.717) is 21.8 Å². The topological polar surface area (TPSA) is 46.9 Å². The van der Waals surface area contributed by atoms with Crippen molar-refractivity contribution in [2.24, 2.45) is 0 Å². The molecule has 0 fully saturated rings. The highest BCUT2D eigenvalue weighted by atomic mass is 32.1. The molecule has 2 aromatic heterocycles. The maximum absolute atomic E-state index is 13.1. The molecule has 8 heteroatoms. The van der Waals surface area contributed by atoms with Crippen LogP contribution in [0.5, 0.6) is 0 Å². The predicted molar refractivity (Wildman–Crippen MR) is 94.5 cm³/mol. The molecule has 0 bridgehead atoms. The van der Waals surface area contributed by atoms with Gasteiger partial charge in [-0.15, -0.1) is 11.3 Å². The first-order valence-corrected chi connectivity index (χ1v) is 8.76. The van der Waals surface area contributed by atoms with Gasteiger partial charge in [0.15, 0.2) is 5.69 Å². The van der Waals surface area contributed by atoms with E-state index in [4.69, 9.17) is 0 Å². The number of thiophene rings is 1. The Kier molecular flexibility index (Phi) is 4.86. The fourth-order valence-electron chi connectivity index (χ4n) is 2.42. The molecule has 4 nitrogen and oxygen atoms in total. The van der Waals surface area contributed by atoms with Crippen LogP contribution in [0.1, 0.15) is 29.9 Å². The lowest BCUT2D eigenvalue weighted by atomic mass is 10.2. The second-order valence-corrected chi connectivity index (χ2v) is 6.92. The number of carbonyl (C=O) groups is 1. The van der Waals surface area contributed by atoms with Gasteiger partial charge in [-0.2, -0.15) is 18.3 Å². The van der Waals surface area contributed by atoms with Gasteiger partial charge in [-0.1, -0.05) is 6.07 Å². The molecule has 3 rings (SSSR count). The molecule has 26 heavy (non-hydrogen) atoms. The molecule has 136 valence electrons. The highest BCUT2D eigenvalue weighted by molar-refractivity contribution is 7.13. The zero-order chi connectivity index (χ0) is 18.9. The number of benzene rings is 1. The average Bonchev–Trinajstić information content (AvgIpc) is 3.23. The molecular formula is C18H16F3N3OS. The summed E-state index contributed by atoms with van der Waals surface area (Å²) >= 11 is 1.33. The standard InChI is InChI=1S/C18H16F3N3OS/c1-11(2)22-17(25)12-5-7-13(8-6-12)24-14(15-4-3-9-26-15)10-16(23-24)18(19,20)21/h3-11H,1-2H3,(H,22,25). The lowest BCUT2D eigenvalue weighted by Crippen LogP contribution is -2.30. The molecule has 3 aromatic rings. The minimum absolute atomic E-state index is 0.00642. The van der Waals surface area contributed by atoms with E-state index in [0.717, 1.165) is 6.07 Å². The molecule has 0 saturated heterocycles. The van der Waals surface area contributed by atoms with Gasteiger partial charge in [0.1, 0.15) is 0 Å². The summed E-state index contributed by atoms with van der Waals surface area (Å²) in [5.74, 6) is -0.235. The smallest absolute Gasteiger partial charge is 0.350 e. The Morgan fingerprint density at radius 2 is 1.88 bits per heavy atom. The minimum atomic E-state index is -4.53. The molecule has 1 N–H and O–H groups in total. The number of nitrogens with one attached hydrogen (secondary N) is 1. The minimum Gasteiger partial charge on any atom is -0.350 e. The Bertz CT molecular complexity index is 897. The number of amides is 1. The van der Waals surface area contributed by atoms with Gasteiger partial charge in [-0.3, -0.25) is 4.79 Å². The molecule has 0 aliphatic heterocycles. The van der Waals surface area contributed by atoms with Crippen molar-refractivity contribution in [1.29, 1.82) is 0 Å². The van der Waals surface area contributed by atoms with Crippen molar-refractivity contribution in [2.45, 2.75) is 26.1 Å². The number of rotatable bonds is 4. The summed E-state index contributed by atoms with van der Waals surface area (Å²) in [4.78, 5) is 12.7. The van der Waals surface area contributed by atoms with E-state index in [9.17, 15) is 18.0 Å². The van der Waals surface area contributed by atoms with Crippen molar-refractivity contribution in [1.82, 2.24) is 15.1 Å². The van der Waals surface area contributed by atoms with Crippen molar-refractivity contribution in [3.8, 4) is 16.3 Å². The number of hydrogen-bond acceptors (Lipinski definition) is 3. The molecule has 0 spiro atoms. The fraction of sp³-hybridized carbons (Fsp3) is 0.222. The molecule has 0 unspecified atom stereocenters. The van der Waals surface area contributed by atoms with Gasteiger partial charge < -0.3 is 5.32 Å². The third-order valence-corrected chi connectivity index (χ3v) is 4.46. The number of alkyl halides is 3. The van der Waals surface area contributed by atoms with Crippen LogP contribution in [-0.4, -0.2) is 21.7 Å². The van der Waals surface area contributed by atoms with Crippen molar-refractivity contribution < 1.29 is 18.0 Å². The van der Waals surface area contributed by atoms with Crippen molar-refractivity contribution >= 4 is 17.2 Å². The molecule has 0 atom stereocenters. The lowest BCUT2D eigenvalue weighted by molar-refractivity contribution is -0.141. The number of nitrogens with zero attached hydrogens (tertiary/aromatic N) is 2. The maximum Gasteiger partial charge on any atom is 0.435 e. The quantitative estimate of drug-likeness (QED) is 0.711. The van der Waals surface area contributed by atoms with Crippen LogP contribution in [0, 0.1) is 0 Å². The van der Waals surface area contributed by atoms with E-state index in [2.05, 4.69) is 10.4 Å². The normalized spacial score (nSPS) is 11.8. The van der Waals surface area contributed by atoms with Crippen molar-refractivity contribution in [2.75, 3.05) is 0 Å². The summed E-state index contributed by atoms with van der Waals surface area (Å²) in [5, 5.41) is 8.29. The lowest BCUT2D eigenvalue weighted by Gasteiger charge is -2.10. The van der Waals surface area contributed by atoms with Crippen LogP contribution in [0.4, 0.5) is 13.2 Å². The Labute approximate surface area is 152 Å². The molecule has 0 radical (unpaired) electrons. The van der Waals surface area contributed by atoms with Gasteiger partial charge in [0.2, 0.25) is 0 Å². The largest absolute Gasteiger partial charge is 0.435 e.